The minimum Gasteiger partial charge on any atom is -0.497 e. The summed E-state index contributed by atoms with van der Waals surface area (Å²) in [7, 11) is 3.57. The van der Waals surface area contributed by atoms with Gasteiger partial charge in [0.2, 0.25) is 5.91 Å². The second-order valence-electron chi connectivity index (χ2n) is 6.47. The number of benzene rings is 1. The first-order valence-electron chi connectivity index (χ1n) is 8.79. The molecule has 0 aliphatic rings. The van der Waals surface area contributed by atoms with E-state index >= 15 is 0 Å². The molecule has 142 valence electrons. The molecular formula is C20H24N4O2S. The monoisotopic (exact) mass is 384 g/mol. The van der Waals surface area contributed by atoms with E-state index in [1.807, 2.05) is 56.8 Å². The molecular weight excluding hydrogens is 360 g/mol. The quantitative estimate of drug-likeness (QED) is 0.696. The zero-order valence-corrected chi connectivity index (χ0v) is 17.1. The first-order valence-corrected chi connectivity index (χ1v) is 9.61. The number of aromatic nitrogens is 3. The Morgan fingerprint density at radius 2 is 1.93 bits per heavy atom. The number of amides is 1. The number of hydrogen-bond donors (Lipinski definition) is 1. The van der Waals surface area contributed by atoms with Crippen LogP contribution in [-0.4, -0.2) is 27.8 Å². The van der Waals surface area contributed by atoms with E-state index in [9.17, 15) is 4.79 Å². The smallest absolute Gasteiger partial charge is 0.226 e. The van der Waals surface area contributed by atoms with Crippen LogP contribution >= 0.6 is 11.3 Å². The number of nitrogens with one attached hydrogen (secondary N) is 1. The second-order valence-corrected chi connectivity index (χ2v) is 7.68. The zero-order valence-electron chi connectivity index (χ0n) is 16.3. The maximum atomic E-state index is 12.4. The molecule has 0 aliphatic carbocycles. The van der Waals surface area contributed by atoms with Gasteiger partial charge in [0.25, 0.3) is 0 Å². The summed E-state index contributed by atoms with van der Waals surface area (Å²) < 4.78 is 7.05. The number of thiazole rings is 1. The van der Waals surface area contributed by atoms with Gasteiger partial charge in [-0.2, -0.15) is 5.10 Å². The molecule has 2 heterocycles. The van der Waals surface area contributed by atoms with Gasteiger partial charge >= 0.3 is 0 Å². The Morgan fingerprint density at radius 3 is 2.52 bits per heavy atom. The standard InChI is InChI=1S/C20H24N4O2S/c1-12-17(13(2)24(4)23-12)10-11-18(25)21-20-22-19(14(3)27-20)15-6-8-16(26-5)9-7-15/h6-9H,10-11H2,1-5H3,(H,21,22,25). The average molecular weight is 385 g/mol. The minimum absolute atomic E-state index is 0.0346. The highest BCUT2D eigenvalue weighted by Gasteiger charge is 2.14. The fourth-order valence-corrected chi connectivity index (χ4v) is 3.92. The van der Waals surface area contributed by atoms with E-state index in [2.05, 4.69) is 15.4 Å². The molecule has 0 unspecified atom stereocenters. The number of nitrogens with zero attached hydrogens (tertiary/aromatic N) is 3. The molecule has 3 rings (SSSR count). The zero-order chi connectivity index (χ0) is 19.6. The molecule has 3 aromatic rings. The maximum Gasteiger partial charge on any atom is 0.226 e. The lowest BCUT2D eigenvalue weighted by atomic mass is 10.1. The lowest BCUT2D eigenvalue weighted by Gasteiger charge is -2.03. The van der Waals surface area contributed by atoms with Crippen LogP contribution in [0, 0.1) is 20.8 Å². The molecule has 0 atom stereocenters. The van der Waals surface area contributed by atoms with Crippen molar-refractivity contribution < 1.29 is 9.53 Å². The number of rotatable bonds is 6. The van der Waals surface area contributed by atoms with Crippen molar-refractivity contribution in [2.75, 3.05) is 12.4 Å². The van der Waals surface area contributed by atoms with E-state index in [0.29, 0.717) is 18.0 Å². The molecule has 0 saturated carbocycles. The fourth-order valence-electron chi connectivity index (χ4n) is 3.07. The normalized spacial score (nSPS) is 10.9. The number of anilines is 1. The Hall–Kier alpha value is -2.67. The molecule has 1 N–H and O–H groups in total. The van der Waals surface area contributed by atoms with Gasteiger partial charge in [0.15, 0.2) is 5.13 Å². The number of methoxy groups -OCH3 is 1. The van der Waals surface area contributed by atoms with E-state index in [4.69, 9.17) is 4.74 Å². The van der Waals surface area contributed by atoms with Crippen LogP contribution in [0.1, 0.15) is 28.2 Å². The Labute approximate surface area is 163 Å². The van der Waals surface area contributed by atoms with E-state index in [1.165, 1.54) is 11.3 Å². The summed E-state index contributed by atoms with van der Waals surface area (Å²) in [6, 6.07) is 7.76. The highest BCUT2D eigenvalue weighted by molar-refractivity contribution is 7.16. The summed E-state index contributed by atoms with van der Waals surface area (Å²) in [5.41, 5.74) is 5.12. The Bertz CT molecular complexity index is 957. The van der Waals surface area contributed by atoms with Crippen molar-refractivity contribution in [1.29, 1.82) is 0 Å². The second kappa shape index (κ2) is 7.92. The molecule has 0 radical (unpaired) electrons. The van der Waals surface area contributed by atoms with Crippen LogP contribution < -0.4 is 10.1 Å². The highest BCUT2D eigenvalue weighted by atomic mass is 32.1. The fraction of sp³-hybridized carbons (Fsp3) is 0.350. The van der Waals surface area contributed by atoms with Crippen molar-refractivity contribution >= 4 is 22.4 Å². The Balaban J connectivity index is 1.66. The maximum absolute atomic E-state index is 12.4. The summed E-state index contributed by atoms with van der Waals surface area (Å²) in [5.74, 6) is 0.772. The van der Waals surface area contributed by atoms with Crippen LogP contribution in [0.5, 0.6) is 5.75 Å². The van der Waals surface area contributed by atoms with Crippen LogP contribution in [0.25, 0.3) is 11.3 Å². The molecule has 27 heavy (non-hydrogen) atoms. The molecule has 0 spiro atoms. The lowest BCUT2D eigenvalue weighted by molar-refractivity contribution is -0.116. The third kappa shape index (κ3) is 4.19. The van der Waals surface area contributed by atoms with Crippen LogP contribution in [0.15, 0.2) is 24.3 Å². The predicted molar refractivity (Wildman–Crippen MR) is 108 cm³/mol. The number of ether oxygens (including phenoxy) is 1. The molecule has 0 bridgehead atoms. The minimum atomic E-state index is -0.0346. The molecule has 2 aromatic heterocycles. The molecule has 1 amide bonds. The van der Waals surface area contributed by atoms with E-state index in [1.54, 1.807) is 7.11 Å². The number of aryl methyl sites for hydroxylation is 3. The first-order chi connectivity index (χ1) is 12.9. The van der Waals surface area contributed by atoms with Gasteiger partial charge in [-0.25, -0.2) is 4.98 Å². The Morgan fingerprint density at radius 1 is 1.22 bits per heavy atom. The van der Waals surface area contributed by atoms with Gasteiger partial charge < -0.3 is 10.1 Å². The van der Waals surface area contributed by atoms with Crippen LogP contribution in [0.3, 0.4) is 0 Å². The predicted octanol–water partition coefficient (Wildman–Crippen LogP) is 4.05. The van der Waals surface area contributed by atoms with Gasteiger partial charge in [-0.1, -0.05) is 0 Å². The van der Waals surface area contributed by atoms with Gasteiger partial charge in [0.1, 0.15) is 5.75 Å². The lowest BCUT2D eigenvalue weighted by Crippen LogP contribution is -2.12. The van der Waals surface area contributed by atoms with Crippen molar-refractivity contribution in [3.63, 3.8) is 0 Å². The summed E-state index contributed by atoms with van der Waals surface area (Å²) in [5, 5.41) is 7.95. The van der Waals surface area contributed by atoms with Crippen molar-refractivity contribution in [1.82, 2.24) is 14.8 Å². The van der Waals surface area contributed by atoms with Crippen LogP contribution in [0.2, 0.25) is 0 Å². The molecule has 0 fully saturated rings. The summed E-state index contributed by atoms with van der Waals surface area (Å²) in [6.07, 6.45) is 1.08. The van der Waals surface area contributed by atoms with Crippen molar-refractivity contribution in [3.05, 3.63) is 46.1 Å². The van der Waals surface area contributed by atoms with Gasteiger partial charge in [0.05, 0.1) is 18.5 Å². The van der Waals surface area contributed by atoms with E-state index in [-0.39, 0.29) is 5.91 Å². The van der Waals surface area contributed by atoms with Gasteiger partial charge in [-0.15, -0.1) is 11.3 Å². The largest absolute Gasteiger partial charge is 0.497 e. The van der Waals surface area contributed by atoms with Gasteiger partial charge in [0, 0.05) is 29.6 Å². The van der Waals surface area contributed by atoms with Crippen molar-refractivity contribution in [2.24, 2.45) is 7.05 Å². The summed E-state index contributed by atoms with van der Waals surface area (Å²) >= 11 is 1.49. The third-order valence-electron chi connectivity index (χ3n) is 4.67. The van der Waals surface area contributed by atoms with Gasteiger partial charge in [-0.05, 0) is 57.0 Å². The summed E-state index contributed by atoms with van der Waals surface area (Å²) in [6.45, 7) is 6.01. The average Bonchev–Trinajstić information content (AvgIpc) is 3.12. The number of carbonyl (C=O) groups is 1. The molecule has 0 aliphatic heterocycles. The number of carbonyl (C=O) groups excluding carboxylic acids is 1. The Kier molecular flexibility index (Phi) is 5.60. The molecule has 7 heteroatoms. The first kappa shape index (κ1) is 19.1. The summed E-state index contributed by atoms with van der Waals surface area (Å²) in [4.78, 5) is 18.0. The molecule has 1 aromatic carbocycles. The SMILES string of the molecule is COc1ccc(-c2nc(NC(=O)CCc3c(C)nn(C)c3C)sc2C)cc1. The van der Waals surface area contributed by atoms with Crippen molar-refractivity contribution in [2.45, 2.75) is 33.6 Å². The third-order valence-corrected chi connectivity index (χ3v) is 5.55. The van der Waals surface area contributed by atoms with Gasteiger partial charge in [-0.3, -0.25) is 9.48 Å². The molecule has 6 nitrogen and oxygen atoms in total. The van der Waals surface area contributed by atoms with E-state index < -0.39 is 0 Å². The number of hydrogen-bond acceptors (Lipinski definition) is 5. The van der Waals surface area contributed by atoms with Crippen LogP contribution in [-0.2, 0) is 18.3 Å². The molecule has 0 saturated heterocycles. The highest BCUT2D eigenvalue weighted by Crippen LogP contribution is 2.31. The van der Waals surface area contributed by atoms with E-state index in [0.717, 1.165) is 38.8 Å². The van der Waals surface area contributed by atoms with Crippen molar-refractivity contribution in [3.8, 4) is 17.0 Å². The topological polar surface area (TPSA) is 69.0 Å². The van der Waals surface area contributed by atoms with Crippen LogP contribution in [0.4, 0.5) is 5.13 Å².